The fourth-order valence-electron chi connectivity index (χ4n) is 3.77. The van der Waals surface area contributed by atoms with E-state index in [1.54, 1.807) is 4.90 Å². The van der Waals surface area contributed by atoms with E-state index in [9.17, 15) is 9.59 Å². The van der Waals surface area contributed by atoms with Crippen LogP contribution in [0.4, 0.5) is 5.69 Å². The van der Waals surface area contributed by atoms with E-state index in [2.05, 4.69) is 5.32 Å². The van der Waals surface area contributed by atoms with Gasteiger partial charge in [-0.15, -0.1) is 0 Å². The maximum atomic E-state index is 12.4. The van der Waals surface area contributed by atoms with Crippen LogP contribution >= 0.6 is 0 Å². The van der Waals surface area contributed by atoms with Crippen molar-refractivity contribution in [3.05, 3.63) is 29.8 Å². The third-order valence-corrected chi connectivity index (χ3v) is 5.17. The molecule has 5 nitrogen and oxygen atoms in total. The number of para-hydroxylation sites is 1. The second-order valence-corrected chi connectivity index (χ2v) is 6.95. The maximum Gasteiger partial charge on any atom is 0.246 e. The topological polar surface area (TPSA) is 75.4 Å². The van der Waals surface area contributed by atoms with E-state index in [1.165, 1.54) is 5.56 Å². The number of amides is 2. The second kappa shape index (κ2) is 6.32. The molecule has 5 heteroatoms. The Morgan fingerprint density at radius 1 is 1.35 bits per heavy atom. The highest BCUT2D eigenvalue weighted by Gasteiger charge is 2.38. The highest BCUT2D eigenvalue weighted by Crippen LogP contribution is 2.31. The molecule has 3 N–H and O–H groups in total. The summed E-state index contributed by atoms with van der Waals surface area (Å²) >= 11 is 0. The number of carbonyl (C=O) groups excluding carboxylic acids is 2. The fraction of sp³-hybridized carbons (Fsp3) is 0.556. The van der Waals surface area contributed by atoms with Gasteiger partial charge in [0.15, 0.2) is 0 Å². The van der Waals surface area contributed by atoms with E-state index in [1.807, 2.05) is 31.2 Å². The minimum atomic E-state index is -0.467. The Morgan fingerprint density at radius 2 is 2.13 bits per heavy atom. The summed E-state index contributed by atoms with van der Waals surface area (Å²) in [6, 6.07) is 7.92. The van der Waals surface area contributed by atoms with Crippen LogP contribution in [0.2, 0.25) is 0 Å². The van der Waals surface area contributed by atoms with Gasteiger partial charge in [-0.25, -0.2) is 0 Å². The largest absolute Gasteiger partial charge is 0.347 e. The second-order valence-electron chi connectivity index (χ2n) is 6.95. The highest BCUT2D eigenvalue weighted by atomic mass is 16.2. The molecule has 2 aliphatic rings. The van der Waals surface area contributed by atoms with Crippen molar-refractivity contribution in [1.82, 2.24) is 5.32 Å². The van der Waals surface area contributed by atoms with Crippen LogP contribution in [0.1, 0.15) is 38.2 Å². The SMILES string of the molecule is CC1(N)CCCCC1C(=O)NCC(=O)N1CCc2ccccc21. The first-order chi connectivity index (χ1) is 11.0. The molecular weight excluding hydrogens is 290 g/mol. The number of nitrogens with one attached hydrogen (secondary N) is 1. The Hall–Kier alpha value is -1.88. The van der Waals surface area contributed by atoms with Crippen molar-refractivity contribution in [2.24, 2.45) is 11.7 Å². The van der Waals surface area contributed by atoms with Crippen LogP contribution < -0.4 is 16.0 Å². The van der Waals surface area contributed by atoms with Gasteiger partial charge < -0.3 is 16.0 Å². The zero-order valence-corrected chi connectivity index (χ0v) is 13.7. The van der Waals surface area contributed by atoms with Gasteiger partial charge in [0.1, 0.15) is 0 Å². The standard InChI is InChI=1S/C18H25N3O2/c1-18(19)10-5-4-7-14(18)17(23)20-12-16(22)21-11-9-13-6-2-3-8-15(13)21/h2-3,6,8,14H,4-5,7,9-12,19H2,1H3,(H,20,23). The predicted octanol–water partition coefficient (Wildman–Crippen LogP) is 1.60. The average Bonchev–Trinajstić information content (AvgIpc) is 2.96. The number of anilines is 1. The van der Waals surface area contributed by atoms with Crippen LogP contribution in [0, 0.1) is 5.92 Å². The molecule has 1 fully saturated rings. The normalized spacial score (nSPS) is 26.7. The molecular formula is C18H25N3O2. The van der Waals surface area contributed by atoms with Crippen LogP contribution in [0.3, 0.4) is 0 Å². The summed E-state index contributed by atoms with van der Waals surface area (Å²) in [5.41, 5.74) is 7.95. The van der Waals surface area contributed by atoms with Crippen molar-refractivity contribution < 1.29 is 9.59 Å². The number of hydrogen-bond acceptors (Lipinski definition) is 3. The van der Waals surface area contributed by atoms with Gasteiger partial charge in [0.05, 0.1) is 12.5 Å². The third kappa shape index (κ3) is 3.24. The Labute approximate surface area is 137 Å². The molecule has 1 aromatic rings. The molecule has 1 aromatic carbocycles. The molecule has 23 heavy (non-hydrogen) atoms. The molecule has 1 aliphatic carbocycles. The van der Waals surface area contributed by atoms with E-state index in [0.717, 1.165) is 37.8 Å². The first-order valence-corrected chi connectivity index (χ1v) is 8.44. The molecule has 0 saturated heterocycles. The molecule has 0 spiro atoms. The monoisotopic (exact) mass is 315 g/mol. The molecule has 0 bridgehead atoms. The highest BCUT2D eigenvalue weighted by molar-refractivity contribution is 5.98. The van der Waals surface area contributed by atoms with Gasteiger partial charge in [-0.3, -0.25) is 9.59 Å². The lowest BCUT2D eigenvalue weighted by Gasteiger charge is -2.37. The first kappa shape index (κ1) is 16.0. The van der Waals surface area contributed by atoms with E-state index in [-0.39, 0.29) is 24.3 Å². The van der Waals surface area contributed by atoms with Crippen molar-refractivity contribution in [2.75, 3.05) is 18.0 Å². The summed E-state index contributed by atoms with van der Waals surface area (Å²) in [5.74, 6) is -0.344. The molecule has 1 heterocycles. The lowest BCUT2D eigenvalue weighted by Crippen LogP contribution is -2.54. The number of nitrogens with two attached hydrogens (primary N) is 1. The van der Waals surface area contributed by atoms with Crippen molar-refractivity contribution >= 4 is 17.5 Å². The minimum absolute atomic E-state index is 0.0414. The van der Waals surface area contributed by atoms with Gasteiger partial charge in [0.25, 0.3) is 0 Å². The number of carbonyl (C=O) groups is 2. The summed E-state index contributed by atoms with van der Waals surface area (Å²) < 4.78 is 0. The average molecular weight is 315 g/mol. The third-order valence-electron chi connectivity index (χ3n) is 5.17. The predicted molar refractivity (Wildman–Crippen MR) is 90.1 cm³/mol. The van der Waals surface area contributed by atoms with Crippen LogP contribution in [-0.2, 0) is 16.0 Å². The molecule has 2 unspecified atom stereocenters. The summed E-state index contributed by atoms with van der Waals surface area (Å²) in [5, 5.41) is 2.81. The summed E-state index contributed by atoms with van der Waals surface area (Å²) in [4.78, 5) is 26.6. The van der Waals surface area contributed by atoms with E-state index in [4.69, 9.17) is 5.73 Å². The van der Waals surface area contributed by atoms with Gasteiger partial charge in [-0.2, -0.15) is 0 Å². The van der Waals surface area contributed by atoms with Gasteiger partial charge in [0.2, 0.25) is 11.8 Å². The van der Waals surface area contributed by atoms with Crippen LogP contribution in [-0.4, -0.2) is 30.4 Å². The fourth-order valence-corrected chi connectivity index (χ4v) is 3.77. The Bertz CT molecular complexity index is 612. The van der Waals surface area contributed by atoms with Gasteiger partial charge in [-0.05, 0) is 37.8 Å². The number of fused-ring (bicyclic) bond motifs is 1. The van der Waals surface area contributed by atoms with Crippen LogP contribution in [0.5, 0.6) is 0 Å². The first-order valence-electron chi connectivity index (χ1n) is 8.44. The van der Waals surface area contributed by atoms with Gasteiger partial charge in [0, 0.05) is 17.8 Å². The number of nitrogens with zero attached hydrogens (tertiary/aromatic N) is 1. The molecule has 0 aromatic heterocycles. The molecule has 2 atom stereocenters. The van der Waals surface area contributed by atoms with E-state index in [0.29, 0.717) is 6.54 Å². The smallest absolute Gasteiger partial charge is 0.246 e. The maximum absolute atomic E-state index is 12.4. The molecule has 1 aliphatic heterocycles. The van der Waals surface area contributed by atoms with Gasteiger partial charge >= 0.3 is 0 Å². The summed E-state index contributed by atoms with van der Waals surface area (Å²) in [6.07, 6.45) is 4.63. The van der Waals surface area contributed by atoms with Crippen molar-refractivity contribution in [2.45, 2.75) is 44.6 Å². The van der Waals surface area contributed by atoms with Crippen LogP contribution in [0.15, 0.2) is 24.3 Å². The van der Waals surface area contributed by atoms with Gasteiger partial charge in [-0.1, -0.05) is 31.0 Å². The van der Waals surface area contributed by atoms with Crippen molar-refractivity contribution in [3.63, 3.8) is 0 Å². The van der Waals surface area contributed by atoms with E-state index < -0.39 is 5.54 Å². The number of rotatable bonds is 3. The zero-order chi connectivity index (χ0) is 16.4. The lowest BCUT2D eigenvalue weighted by atomic mass is 9.74. The van der Waals surface area contributed by atoms with Crippen molar-refractivity contribution in [3.8, 4) is 0 Å². The van der Waals surface area contributed by atoms with Crippen molar-refractivity contribution in [1.29, 1.82) is 0 Å². The molecule has 3 rings (SSSR count). The Morgan fingerprint density at radius 3 is 2.91 bits per heavy atom. The number of hydrogen-bond donors (Lipinski definition) is 2. The molecule has 0 radical (unpaired) electrons. The molecule has 2 amide bonds. The zero-order valence-electron chi connectivity index (χ0n) is 13.7. The van der Waals surface area contributed by atoms with E-state index >= 15 is 0 Å². The molecule has 1 saturated carbocycles. The summed E-state index contributed by atoms with van der Waals surface area (Å²) in [6.45, 7) is 2.67. The Kier molecular flexibility index (Phi) is 4.39. The lowest BCUT2D eigenvalue weighted by molar-refractivity contribution is -0.130. The number of benzene rings is 1. The Balaban J connectivity index is 1.58. The summed E-state index contributed by atoms with van der Waals surface area (Å²) in [7, 11) is 0. The van der Waals surface area contributed by atoms with Crippen LogP contribution in [0.25, 0.3) is 0 Å². The minimum Gasteiger partial charge on any atom is -0.347 e. The quantitative estimate of drug-likeness (QED) is 0.889. The molecule has 124 valence electrons.